The van der Waals surface area contributed by atoms with Crippen molar-refractivity contribution in [2.24, 2.45) is 0 Å². The van der Waals surface area contributed by atoms with E-state index in [1.807, 2.05) is 0 Å². The van der Waals surface area contributed by atoms with Crippen molar-refractivity contribution in [2.45, 2.75) is 0 Å². The van der Waals surface area contributed by atoms with E-state index in [1.54, 1.807) is 0 Å². The molecular formula is C30H24Si. The van der Waals surface area contributed by atoms with Gasteiger partial charge in [-0.25, -0.2) is 0 Å². The van der Waals surface area contributed by atoms with Gasteiger partial charge in [0.05, 0.1) is 9.52 Å². The van der Waals surface area contributed by atoms with Crippen molar-refractivity contribution in [3.8, 4) is 12.8 Å². The van der Waals surface area contributed by atoms with E-state index in [1.165, 1.54) is 43.8 Å². The molecule has 1 aliphatic rings. The van der Waals surface area contributed by atoms with Crippen LogP contribution in [-0.2, 0) is 0 Å². The van der Waals surface area contributed by atoms with Crippen molar-refractivity contribution in [1.29, 1.82) is 0 Å². The third-order valence-corrected chi connectivity index (χ3v) is 7.81. The Bertz CT molecular complexity index is 1120. The Hall–Kier alpha value is -3.86. The zero-order valence-electron chi connectivity index (χ0n) is 17.4. The molecule has 1 heteroatoms. The fourth-order valence-electron chi connectivity index (χ4n) is 4.27. The van der Waals surface area contributed by atoms with E-state index in [0.29, 0.717) is 0 Å². The molecule has 4 aromatic rings. The minimum absolute atomic E-state index is 0.649. The second-order valence-corrected chi connectivity index (χ2v) is 9.12. The van der Waals surface area contributed by atoms with Gasteiger partial charge in [0.1, 0.15) is 0 Å². The van der Waals surface area contributed by atoms with Crippen molar-refractivity contribution in [3.63, 3.8) is 0 Å². The molecule has 1 heterocycles. The van der Waals surface area contributed by atoms with E-state index < -0.39 is 9.52 Å². The summed E-state index contributed by atoms with van der Waals surface area (Å²) in [4.78, 5) is 0. The highest BCUT2D eigenvalue weighted by atomic mass is 28.2. The van der Waals surface area contributed by atoms with Gasteiger partial charge in [-0.15, -0.1) is 12.8 Å². The average molecular weight is 413 g/mol. The summed E-state index contributed by atoms with van der Waals surface area (Å²) in [6.07, 6.45) is 8.00. The van der Waals surface area contributed by atoms with Crippen LogP contribution in [0.4, 0.5) is 0 Å². The fourth-order valence-corrected chi connectivity index (χ4v) is 6.62. The summed E-state index contributed by atoms with van der Waals surface area (Å²) in [6, 6.07) is 43.7. The molecule has 4 aromatic carbocycles. The lowest BCUT2D eigenvalue weighted by Crippen LogP contribution is -1.96. The van der Waals surface area contributed by atoms with Crippen molar-refractivity contribution in [1.82, 2.24) is 0 Å². The molecule has 1 aliphatic heterocycles. The van der Waals surface area contributed by atoms with Gasteiger partial charge in [0, 0.05) is 0 Å². The van der Waals surface area contributed by atoms with Crippen LogP contribution in [0.3, 0.4) is 0 Å². The molecule has 5 rings (SSSR count). The summed E-state index contributed by atoms with van der Waals surface area (Å²) < 4.78 is 0. The number of rotatable bonds is 4. The maximum Gasteiger partial charge on any atom is 0.0907 e. The Morgan fingerprint density at radius 1 is 0.355 bits per heavy atom. The lowest BCUT2D eigenvalue weighted by atomic mass is 9.89. The summed E-state index contributed by atoms with van der Waals surface area (Å²) in [7, 11) is -0.649. The molecule has 0 N–H and O–H groups in total. The first-order valence-corrected chi connectivity index (χ1v) is 11.8. The first-order chi connectivity index (χ1) is 15.4. The lowest BCUT2D eigenvalue weighted by molar-refractivity contribution is 1.58. The highest BCUT2D eigenvalue weighted by molar-refractivity contribution is 6.87. The lowest BCUT2D eigenvalue weighted by Gasteiger charge is -2.15. The summed E-state index contributed by atoms with van der Waals surface area (Å²) in [5.41, 5.74) is 8.16. The second-order valence-electron chi connectivity index (χ2n) is 7.35. The molecule has 0 amide bonds. The molecule has 0 nitrogen and oxygen atoms in total. The molecule has 0 bridgehead atoms. The van der Waals surface area contributed by atoms with Crippen molar-refractivity contribution < 1.29 is 0 Å². The number of benzene rings is 4. The van der Waals surface area contributed by atoms with Gasteiger partial charge in [-0.05, 0) is 43.8 Å². The molecular weight excluding hydrogens is 388 g/mol. The minimum Gasteiger partial charge on any atom is -0.124 e. The van der Waals surface area contributed by atoms with Crippen LogP contribution in [0.25, 0.3) is 21.5 Å². The van der Waals surface area contributed by atoms with Gasteiger partial charge in [0.15, 0.2) is 0 Å². The van der Waals surface area contributed by atoms with Crippen LogP contribution >= 0.6 is 0 Å². The number of hydrogen-bond acceptors (Lipinski definition) is 0. The third kappa shape index (κ3) is 4.21. The maximum atomic E-state index is 4.00. The average Bonchev–Trinajstić information content (AvgIpc) is 3.28. The molecule has 31 heavy (non-hydrogen) atoms. The van der Waals surface area contributed by atoms with Crippen LogP contribution in [0.1, 0.15) is 22.3 Å². The number of hydrogen-bond donors (Lipinski definition) is 0. The SMILES string of the molecule is C#C.c1ccc(C2=C(c3ccccc3)C(c3ccccc3)=C(c3ccccc3)[SiH2]2)cc1. The van der Waals surface area contributed by atoms with E-state index in [0.717, 1.165) is 0 Å². The van der Waals surface area contributed by atoms with Gasteiger partial charge in [0.2, 0.25) is 0 Å². The zero-order valence-corrected chi connectivity index (χ0v) is 18.8. The Kier molecular flexibility index (Phi) is 6.43. The van der Waals surface area contributed by atoms with Crippen molar-refractivity contribution >= 4 is 31.1 Å². The largest absolute Gasteiger partial charge is 0.124 e. The predicted molar refractivity (Wildman–Crippen MR) is 138 cm³/mol. The maximum absolute atomic E-state index is 4.00. The number of allylic oxidation sites excluding steroid dienone is 2. The van der Waals surface area contributed by atoms with Crippen LogP contribution in [-0.4, -0.2) is 9.52 Å². The molecule has 0 fully saturated rings. The van der Waals surface area contributed by atoms with Crippen molar-refractivity contribution in [3.05, 3.63) is 144 Å². The first kappa shape index (κ1) is 20.4. The molecule has 0 radical (unpaired) electrons. The van der Waals surface area contributed by atoms with Crippen LogP contribution in [0, 0.1) is 12.8 Å². The van der Waals surface area contributed by atoms with Gasteiger partial charge in [0.25, 0.3) is 0 Å². The molecule has 0 aromatic heterocycles. The van der Waals surface area contributed by atoms with Gasteiger partial charge >= 0.3 is 0 Å². The van der Waals surface area contributed by atoms with Crippen molar-refractivity contribution in [2.75, 3.05) is 0 Å². The fraction of sp³-hybridized carbons (Fsp3) is 0. The monoisotopic (exact) mass is 412 g/mol. The second kappa shape index (κ2) is 9.76. The standard InChI is InChI=1S/C28H22Si.C2H2/c1-5-13-21(14-6-1)25-26(22-15-7-2-8-16-22)28(24-19-11-4-12-20-24)29-27(25)23-17-9-3-10-18-23;1-2/h1-20H,29H2;1-2H. The summed E-state index contributed by atoms with van der Waals surface area (Å²) in [5.74, 6) is 0. The Morgan fingerprint density at radius 3 is 0.903 bits per heavy atom. The highest BCUT2D eigenvalue weighted by Gasteiger charge is 2.28. The smallest absolute Gasteiger partial charge is 0.0907 e. The van der Waals surface area contributed by atoms with Gasteiger partial charge in [-0.3, -0.25) is 0 Å². The quantitative estimate of drug-likeness (QED) is 0.263. The summed E-state index contributed by atoms with van der Waals surface area (Å²) in [6.45, 7) is 0. The van der Waals surface area contributed by atoms with Gasteiger partial charge in [-0.2, -0.15) is 0 Å². The third-order valence-electron chi connectivity index (χ3n) is 5.58. The van der Waals surface area contributed by atoms with Crippen LogP contribution < -0.4 is 0 Å². The first-order valence-electron chi connectivity index (χ1n) is 10.4. The summed E-state index contributed by atoms with van der Waals surface area (Å²) >= 11 is 0. The van der Waals surface area contributed by atoms with E-state index in [-0.39, 0.29) is 0 Å². The van der Waals surface area contributed by atoms with E-state index in [2.05, 4.69) is 134 Å². The Balaban J connectivity index is 0.00000112. The van der Waals surface area contributed by atoms with Gasteiger partial charge < -0.3 is 0 Å². The van der Waals surface area contributed by atoms with E-state index in [4.69, 9.17) is 0 Å². The Labute approximate surface area is 187 Å². The summed E-state index contributed by atoms with van der Waals surface area (Å²) in [5, 5.41) is 3.07. The van der Waals surface area contributed by atoms with Crippen LogP contribution in [0.2, 0.25) is 0 Å². The molecule has 0 unspecified atom stereocenters. The molecule has 0 saturated heterocycles. The predicted octanol–water partition coefficient (Wildman–Crippen LogP) is 6.56. The number of terminal acetylenes is 1. The van der Waals surface area contributed by atoms with Crippen LogP contribution in [0.5, 0.6) is 0 Å². The Morgan fingerprint density at radius 2 is 0.613 bits per heavy atom. The molecule has 0 atom stereocenters. The zero-order chi connectivity index (χ0) is 21.5. The van der Waals surface area contributed by atoms with E-state index in [9.17, 15) is 0 Å². The minimum atomic E-state index is -0.649. The molecule has 0 aliphatic carbocycles. The van der Waals surface area contributed by atoms with Crippen LogP contribution in [0.15, 0.2) is 121 Å². The normalized spacial score (nSPS) is 13.0. The highest BCUT2D eigenvalue weighted by Crippen LogP contribution is 2.47. The molecule has 148 valence electrons. The molecule has 0 spiro atoms. The van der Waals surface area contributed by atoms with E-state index >= 15 is 0 Å². The molecule has 0 saturated carbocycles. The topological polar surface area (TPSA) is 0 Å². The van der Waals surface area contributed by atoms with Gasteiger partial charge in [-0.1, -0.05) is 121 Å².